The number of nitrogens with one attached hydrogen (secondary N) is 1. The van der Waals surface area contributed by atoms with Crippen LogP contribution in [-0.4, -0.2) is 35.1 Å². The second kappa shape index (κ2) is 5.60. The van der Waals surface area contributed by atoms with E-state index in [0.29, 0.717) is 11.5 Å². The van der Waals surface area contributed by atoms with Gasteiger partial charge in [-0.05, 0) is 39.1 Å². The minimum atomic E-state index is 0.0613. The molecule has 1 fully saturated rings. The summed E-state index contributed by atoms with van der Waals surface area (Å²) in [5.41, 5.74) is 1.63. The number of piperidine rings is 1. The molecule has 0 radical (unpaired) electrons. The van der Waals surface area contributed by atoms with E-state index >= 15 is 0 Å². The van der Waals surface area contributed by atoms with Crippen molar-refractivity contribution in [2.24, 2.45) is 0 Å². The molecule has 4 nitrogen and oxygen atoms in total. The fourth-order valence-electron chi connectivity index (χ4n) is 2.15. The van der Waals surface area contributed by atoms with Gasteiger partial charge < -0.3 is 5.32 Å². The summed E-state index contributed by atoms with van der Waals surface area (Å²) in [4.78, 5) is 20.3. The predicted molar refractivity (Wildman–Crippen MR) is 68.7 cm³/mol. The Morgan fingerprint density at radius 1 is 1.47 bits per heavy atom. The Kier molecular flexibility index (Phi) is 4.12. The first kappa shape index (κ1) is 12.5. The molecule has 0 unspecified atom stereocenters. The summed E-state index contributed by atoms with van der Waals surface area (Å²) in [5, 5.41) is 4.08. The van der Waals surface area contributed by atoms with Gasteiger partial charge >= 0.3 is 0 Å². The summed E-state index contributed by atoms with van der Waals surface area (Å²) in [5.74, 6) is 0.454. The van der Waals surface area contributed by atoms with Crippen molar-refractivity contribution in [2.75, 3.05) is 19.3 Å². The molecule has 0 amide bonds. The van der Waals surface area contributed by atoms with Crippen molar-refractivity contribution < 1.29 is 4.79 Å². The molecule has 0 saturated carbocycles. The lowest BCUT2D eigenvalue weighted by atomic mass is 9.91. The molecular weight excluding hydrogens is 234 g/mol. The third-order valence-corrected chi connectivity index (χ3v) is 3.65. The minimum absolute atomic E-state index is 0.0613. The van der Waals surface area contributed by atoms with Crippen LogP contribution in [0.4, 0.5) is 0 Å². The molecule has 0 aromatic carbocycles. The highest BCUT2D eigenvalue weighted by Gasteiger charge is 2.22. The first-order valence-corrected chi connectivity index (χ1v) is 7.07. The number of carbonyl (C=O) groups is 1. The monoisotopic (exact) mass is 251 g/mol. The van der Waals surface area contributed by atoms with Crippen LogP contribution >= 0.6 is 11.8 Å². The number of carbonyl (C=O) groups excluding carboxylic acids is 1. The molecule has 17 heavy (non-hydrogen) atoms. The van der Waals surface area contributed by atoms with E-state index in [1.807, 2.05) is 6.26 Å². The maximum absolute atomic E-state index is 11.6. The van der Waals surface area contributed by atoms with Gasteiger partial charge in [0.2, 0.25) is 0 Å². The first-order chi connectivity index (χ1) is 8.22. The topological polar surface area (TPSA) is 54.9 Å². The fraction of sp³-hybridized carbons (Fsp3) is 0.583. The zero-order valence-corrected chi connectivity index (χ0v) is 11.0. The molecule has 92 valence electrons. The van der Waals surface area contributed by atoms with E-state index in [-0.39, 0.29) is 5.78 Å². The molecule has 1 aromatic heterocycles. The van der Waals surface area contributed by atoms with E-state index in [4.69, 9.17) is 0 Å². The summed E-state index contributed by atoms with van der Waals surface area (Å²) in [7, 11) is 0. The molecule has 1 aromatic rings. The minimum Gasteiger partial charge on any atom is -0.317 e. The van der Waals surface area contributed by atoms with Crippen molar-refractivity contribution in [3.05, 3.63) is 17.5 Å². The summed E-state index contributed by atoms with van der Waals surface area (Å²) in [6.07, 6.45) is 5.73. The lowest BCUT2D eigenvalue weighted by Gasteiger charge is -2.23. The van der Waals surface area contributed by atoms with Gasteiger partial charge in [0.25, 0.3) is 0 Å². The Morgan fingerprint density at radius 3 is 2.76 bits per heavy atom. The summed E-state index contributed by atoms with van der Waals surface area (Å²) in [6, 6.07) is 0. The Bertz CT molecular complexity index is 416. The van der Waals surface area contributed by atoms with E-state index in [1.165, 1.54) is 11.8 Å². The van der Waals surface area contributed by atoms with Crippen LogP contribution < -0.4 is 5.32 Å². The third-order valence-electron chi connectivity index (χ3n) is 3.08. The van der Waals surface area contributed by atoms with E-state index < -0.39 is 0 Å². The molecule has 1 saturated heterocycles. The zero-order valence-electron chi connectivity index (χ0n) is 10.2. The number of hydrogen-bond donors (Lipinski definition) is 1. The van der Waals surface area contributed by atoms with Crippen LogP contribution in [0, 0.1) is 0 Å². The van der Waals surface area contributed by atoms with E-state index in [0.717, 1.165) is 36.8 Å². The number of aromatic nitrogens is 2. The predicted octanol–water partition coefficient (Wildman–Crippen LogP) is 1.87. The van der Waals surface area contributed by atoms with Gasteiger partial charge in [0, 0.05) is 12.1 Å². The van der Waals surface area contributed by atoms with Gasteiger partial charge in [0.15, 0.2) is 10.9 Å². The normalized spacial score (nSPS) is 17.1. The van der Waals surface area contributed by atoms with Gasteiger partial charge in [-0.15, -0.1) is 0 Å². The third kappa shape index (κ3) is 2.84. The maximum atomic E-state index is 11.6. The molecule has 2 heterocycles. The highest BCUT2D eigenvalue weighted by atomic mass is 32.2. The quantitative estimate of drug-likeness (QED) is 0.505. The standard InChI is InChI=1S/C12H17N3OS/c1-8(16)10-7-14-12(17-2)15-11(10)9-3-5-13-6-4-9/h7,9,13H,3-6H2,1-2H3. The Balaban J connectivity index is 2.36. The van der Waals surface area contributed by atoms with Crippen molar-refractivity contribution in [2.45, 2.75) is 30.8 Å². The second-order valence-electron chi connectivity index (χ2n) is 4.24. The number of Topliss-reactive ketones (excluding diaryl/α,β-unsaturated/α-hetero) is 1. The van der Waals surface area contributed by atoms with Crippen LogP contribution in [0.15, 0.2) is 11.4 Å². The molecule has 0 aliphatic carbocycles. The molecule has 2 rings (SSSR count). The number of ketones is 1. The van der Waals surface area contributed by atoms with Gasteiger partial charge in [-0.25, -0.2) is 9.97 Å². The van der Waals surface area contributed by atoms with Gasteiger partial charge in [0.05, 0.1) is 11.3 Å². The van der Waals surface area contributed by atoms with Gasteiger partial charge in [0.1, 0.15) is 0 Å². The van der Waals surface area contributed by atoms with E-state index in [2.05, 4.69) is 15.3 Å². The molecule has 1 N–H and O–H groups in total. The van der Waals surface area contributed by atoms with Crippen LogP contribution in [0.3, 0.4) is 0 Å². The van der Waals surface area contributed by atoms with Crippen LogP contribution in [0.2, 0.25) is 0 Å². The zero-order chi connectivity index (χ0) is 12.3. The maximum Gasteiger partial charge on any atom is 0.187 e. The average Bonchev–Trinajstić information content (AvgIpc) is 2.39. The van der Waals surface area contributed by atoms with Crippen molar-refractivity contribution in [1.82, 2.24) is 15.3 Å². The molecule has 0 atom stereocenters. The molecule has 5 heteroatoms. The fourth-order valence-corrected chi connectivity index (χ4v) is 2.50. The average molecular weight is 251 g/mol. The van der Waals surface area contributed by atoms with Crippen LogP contribution in [0.1, 0.15) is 41.7 Å². The lowest BCUT2D eigenvalue weighted by molar-refractivity contribution is 0.101. The number of nitrogens with zero attached hydrogens (tertiary/aromatic N) is 2. The molecule has 0 spiro atoms. The van der Waals surface area contributed by atoms with Gasteiger partial charge in [-0.1, -0.05) is 11.8 Å². The summed E-state index contributed by atoms with van der Waals surface area (Å²) in [6.45, 7) is 3.59. The van der Waals surface area contributed by atoms with Crippen molar-refractivity contribution >= 4 is 17.5 Å². The Hall–Kier alpha value is -0.940. The first-order valence-electron chi connectivity index (χ1n) is 5.85. The SMILES string of the molecule is CSc1ncc(C(C)=O)c(C2CCNCC2)n1. The van der Waals surface area contributed by atoms with E-state index in [1.54, 1.807) is 13.1 Å². The Labute approximate surface area is 106 Å². The van der Waals surface area contributed by atoms with Crippen molar-refractivity contribution in [1.29, 1.82) is 0 Å². The highest BCUT2D eigenvalue weighted by molar-refractivity contribution is 7.98. The molecule has 1 aliphatic heterocycles. The lowest BCUT2D eigenvalue weighted by Crippen LogP contribution is -2.28. The van der Waals surface area contributed by atoms with Crippen molar-refractivity contribution in [3.63, 3.8) is 0 Å². The highest BCUT2D eigenvalue weighted by Crippen LogP contribution is 2.27. The summed E-state index contributed by atoms with van der Waals surface area (Å²) < 4.78 is 0. The number of hydrogen-bond acceptors (Lipinski definition) is 5. The van der Waals surface area contributed by atoms with Gasteiger partial charge in [-0.2, -0.15) is 0 Å². The number of rotatable bonds is 3. The van der Waals surface area contributed by atoms with Crippen molar-refractivity contribution in [3.8, 4) is 0 Å². The smallest absolute Gasteiger partial charge is 0.187 e. The molecule has 0 bridgehead atoms. The summed E-state index contributed by atoms with van der Waals surface area (Å²) >= 11 is 1.52. The van der Waals surface area contributed by atoms with Crippen LogP contribution in [0.25, 0.3) is 0 Å². The van der Waals surface area contributed by atoms with Crippen LogP contribution in [-0.2, 0) is 0 Å². The molecular formula is C12H17N3OS. The van der Waals surface area contributed by atoms with E-state index in [9.17, 15) is 4.79 Å². The van der Waals surface area contributed by atoms with Gasteiger partial charge in [-0.3, -0.25) is 4.79 Å². The number of thioether (sulfide) groups is 1. The molecule has 1 aliphatic rings. The van der Waals surface area contributed by atoms with Crippen LogP contribution in [0.5, 0.6) is 0 Å². The second-order valence-corrected chi connectivity index (χ2v) is 5.01. The largest absolute Gasteiger partial charge is 0.317 e. The Morgan fingerprint density at radius 2 is 2.18 bits per heavy atom.